The molecule has 12 heteroatoms. The number of nitrogens with one attached hydrogen (secondary N) is 5. The lowest BCUT2D eigenvalue weighted by Crippen LogP contribution is -2.37. The first-order valence-corrected chi connectivity index (χ1v) is 14.0. The van der Waals surface area contributed by atoms with Crippen molar-refractivity contribution in [1.29, 1.82) is 0 Å². The van der Waals surface area contributed by atoms with Crippen LogP contribution in [0.25, 0.3) is 27.8 Å². The van der Waals surface area contributed by atoms with Crippen LogP contribution in [0, 0.1) is 0 Å². The van der Waals surface area contributed by atoms with Gasteiger partial charge in [-0.1, -0.05) is 72.1 Å². The van der Waals surface area contributed by atoms with E-state index in [2.05, 4.69) is 41.3 Å². The molecule has 0 atom stereocenters. The molecule has 39 heavy (non-hydrogen) atoms. The number of aromatic nitrogens is 4. The Balaban J connectivity index is 1.04. The van der Waals surface area contributed by atoms with Crippen LogP contribution in [-0.2, 0) is 9.59 Å². The Morgan fingerprint density at radius 3 is 1.95 bits per heavy atom. The Labute approximate surface area is 231 Å². The Bertz CT molecular complexity index is 1690. The Morgan fingerprint density at radius 2 is 1.31 bits per heavy atom. The van der Waals surface area contributed by atoms with E-state index >= 15 is 0 Å². The Hall–Kier alpha value is -4.55. The second-order valence-corrected chi connectivity index (χ2v) is 10.4. The molecule has 0 unspecified atom stereocenters. The summed E-state index contributed by atoms with van der Waals surface area (Å²) in [5.74, 6) is -0.121. The number of imidazole rings is 2. The van der Waals surface area contributed by atoms with Crippen LogP contribution in [-0.4, -0.2) is 49.0 Å². The van der Waals surface area contributed by atoms with Gasteiger partial charge in [0, 0.05) is 11.1 Å². The molecule has 10 nitrogen and oxygen atoms in total. The van der Waals surface area contributed by atoms with E-state index in [-0.39, 0.29) is 23.3 Å². The highest BCUT2D eigenvalue weighted by Gasteiger charge is 2.20. The van der Waals surface area contributed by atoms with E-state index < -0.39 is 0 Å². The molecule has 0 bridgehead atoms. The number of thioether (sulfide) groups is 2. The highest BCUT2D eigenvalue weighted by Crippen LogP contribution is 2.25. The third-order valence-electron chi connectivity index (χ3n) is 5.83. The van der Waals surface area contributed by atoms with Crippen LogP contribution in [0.4, 0.5) is 0 Å². The number of benzene rings is 3. The zero-order valence-corrected chi connectivity index (χ0v) is 22.0. The van der Waals surface area contributed by atoms with E-state index in [0.717, 1.165) is 33.2 Å². The number of carbonyl (C=O) groups is 2. The lowest BCUT2D eigenvalue weighted by Gasteiger charge is -2.10. The molecule has 5 aromatic rings. The number of rotatable bonds is 9. The number of fused-ring (bicyclic) bond motifs is 3. The zero-order chi connectivity index (χ0) is 26.6. The van der Waals surface area contributed by atoms with E-state index in [1.54, 1.807) is 6.08 Å². The summed E-state index contributed by atoms with van der Waals surface area (Å²) < 4.78 is 0. The predicted octanol–water partition coefficient (Wildman–Crippen LogP) is 3.82. The third-order valence-corrected chi connectivity index (χ3v) is 7.57. The number of amides is 2. The second-order valence-electron chi connectivity index (χ2n) is 8.50. The van der Waals surface area contributed by atoms with Crippen LogP contribution >= 0.6 is 23.5 Å². The third kappa shape index (κ3) is 5.66. The largest absolute Gasteiger partial charge is 0.333 e. The van der Waals surface area contributed by atoms with Crippen LogP contribution < -0.4 is 16.3 Å². The summed E-state index contributed by atoms with van der Waals surface area (Å²) in [6, 6.07) is 23.1. The van der Waals surface area contributed by atoms with Crippen LogP contribution in [0.2, 0.25) is 0 Å². The molecule has 2 aromatic heterocycles. The highest BCUT2D eigenvalue weighted by atomic mass is 32.2. The monoisotopic (exact) mass is 554 g/mol. The average Bonchev–Trinajstić information content (AvgIpc) is 3.67. The minimum atomic E-state index is -0.254. The van der Waals surface area contributed by atoms with Gasteiger partial charge in [-0.2, -0.15) is 5.10 Å². The van der Waals surface area contributed by atoms with Gasteiger partial charge in [-0.05, 0) is 30.3 Å². The molecule has 0 saturated heterocycles. The molecular formula is C27H22N8O2S2. The minimum absolute atomic E-state index is 0.159. The van der Waals surface area contributed by atoms with Gasteiger partial charge in [-0.3, -0.25) is 20.4 Å². The number of allylic oxidation sites excluding steroid dienone is 1. The van der Waals surface area contributed by atoms with Crippen molar-refractivity contribution in [2.45, 2.75) is 10.3 Å². The number of hydrogen-bond donors (Lipinski definition) is 5. The van der Waals surface area contributed by atoms with Gasteiger partial charge in [0.05, 0.1) is 45.0 Å². The Kier molecular flexibility index (Phi) is 7.02. The van der Waals surface area contributed by atoms with Crippen LogP contribution in [0.5, 0.6) is 0 Å². The molecule has 6 rings (SSSR count). The van der Waals surface area contributed by atoms with Crippen molar-refractivity contribution in [3.63, 3.8) is 0 Å². The first kappa shape index (κ1) is 24.8. The first-order chi connectivity index (χ1) is 19.1. The lowest BCUT2D eigenvalue weighted by atomic mass is 10.1. The zero-order valence-electron chi connectivity index (χ0n) is 20.4. The van der Waals surface area contributed by atoms with Crippen molar-refractivity contribution in [2.75, 3.05) is 11.5 Å². The average molecular weight is 555 g/mol. The molecule has 2 amide bonds. The van der Waals surface area contributed by atoms with E-state index in [1.807, 2.05) is 72.8 Å². The van der Waals surface area contributed by atoms with Gasteiger partial charge in [0.25, 0.3) is 5.91 Å². The smallest absolute Gasteiger partial charge is 0.250 e. The molecule has 3 aromatic carbocycles. The summed E-state index contributed by atoms with van der Waals surface area (Å²) in [7, 11) is 0. The number of hydrogen-bond acceptors (Lipinski definition) is 8. The summed E-state index contributed by atoms with van der Waals surface area (Å²) in [5, 5.41) is 5.67. The molecular weight excluding hydrogens is 532 g/mol. The van der Waals surface area contributed by atoms with E-state index in [0.29, 0.717) is 21.7 Å². The van der Waals surface area contributed by atoms with Crippen molar-refractivity contribution in [3.05, 3.63) is 90.0 Å². The molecule has 2 heterocycles. The van der Waals surface area contributed by atoms with Gasteiger partial charge in [0.1, 0.15) is 0 Å². The van der Waals surface area contributed by atoms with E-state index in [4.69, 9.17) is 0 Å². The fourth-order valence-corrected chi connectivity index (χ4v) is 5.38. The summed E-state index contributed by atoms with van der Waals surface area (Å²) in [5.41, 5.74) is 14.9. The molecule has 1 aliphatic carbocycles. The minimum Gasteiger partial charge on any atom is -0.333 e. The van der Waals surface area contributed by atoms with Crippen molar-refractivity contribution < 1.29 is 9.59 Å². The molecule has 0 aliphatic heterocycles. The number of carbonyl (C=O) groups excluding carboxylic acids is 2. The first-order valence-electron chi connectivity index (χ1n) is 12.0. The summed E-state index contributed by atoms with van der Waals surface area (Å²) in [6.45, 7) is 0. The topological polar surface area (TPSA) is 140 Å². The van der Waals surface area contributed by atoms with Crippen LogP contribution in [0.3, 0.4) is 0 Å². The van der Waals surface area contributed by atoms with Crippen molar-refractivity contribution >= 4 is 68.8 Å². The summed E-state index contributed by atoms with van der Waals surface area (Å²) >= 11 is 2.63. The standard InChI is InChI=1S/C27H22N8O2S2/c36-24(14-38-26-28-18-9-3-4-10-19(18)29-26)34-32-22-13-23(17-8-2-1-7-16(17)22)33-35-25(37)15-39-27-30-20-11-5-6-12-21(20)31-27/h1-13,32H,14-15H2,(H,28,29)(H,30,31)(H,34,36)(H,35,37)/b33-23-. The molecule has 0 saturated carbocycles. The number of para-hydroxylation sites is 4. The van der Waals surface area contributed by atoms with Crippen molar-refractivity contribution in [2.24, 2.45) is 5.10 Å². The molecule has 0 spiro atoms. The normalized spacial score (nSPS) is 13.4. The molecule has 0 fully saturated rings. The number of hydrazine groups is 1. The summed E-state index contributed by atoms with van der Waals surface area (Å²) in [6.07, 6.45) is 1.78. The van der Waals surface area contributed by atoms with Crippen molar-refractivity contribution in [3.8, 4) is 0 Å². The van der Waals surface area contributed by atoms with E-state index in [9.17, 15) is 9.59 Å². The van der Waals surface area contributed by atoms with Gasteiger partial charge >= 0.3 is 0 Å². The van der Waals surface area contributed by atoms with E-state index in [1.165, 1.54) is 23.5 Å². The molecule has 0 radical (unpaired) electrons. The Morgan fingerprint density at radius 1 is 0.744 bits per heavy atom. The predicted molar refractivity (Wildman–Crippen MR) is 154 cm³/mol. The number of aromatic amines is 2. The maximum absolute atomic E-state index is 12.5. The highest BCUT2D eigenvalue weighted by molar-refractivity contribution is 8.00. The number of hydrazone groups is 1. The van der Waals surface area contributed by atoms with Gasteiger partial charge in [-0.25, -0.2) is 15.4 Å². The van der Waals surface area contributed by atoms with Gasteiger partial charge in [0.2, 0.25) is 5.91 Å². The quantitative estimate of drug-likeness (QED) is 0.138. The van der Waals surface area contributed by atoms with Gasteiger partial charge < -0.3 is 9.97 Å². The molecule has 194 valence electrons. The SMILES string of the molecule is O=C(CSc1nc2ccccc2[nH]1)N/N=C1/C=C(NNC(=O)CSc2nc3ccccc3[nH]2)c2ccccc21. The maximum Gasteiger partial charge on any atom is 0.250 e. The fourth-order valence-electron chi connectivity index (χ4n) is 4.02. The lowest BCUT2D eigenvalue weighted by molar-refractivity contribution is -0.119. The van der Waals surface area contributed by atoms with Gasteiger partial charge in [0.15, 0.2) is 10.3 Å². The molecule has 1 aliphatic rings. The summed E-state index contributed by atoms with van der Waals surface area (Å²) in [4.78, 5) is 40.3. The van der Waals surface area contributed by atoms with Crippen LogP contribution in [0.1, 0.15) is 11.1 Å². The number of nitrogens with zero attached hydrogens (tertiary/aromatic N) is 3. The fraction of sp³-hybridized carbons (Fsp3) is 0.0741. The second kappa shape index (κ2) is 11.1. The number of H-pyrrole nitrogens is 2. The maximum atomic E-state index is 12.5. The van der Waals surface area contributed by atoms with Crippen LogP contribution in [0.15, 0.2) is 94.3 Å². The molecule has 5 N–H and O–H groups in total. The van der Waals surface area contributed by atoms with Gasteiger partial charge in [-0.15, -0.1) is 0 Å². The van der Waals surface area contributed by atoms with Crippen molar-refractivity contribution in [1.82, 2.24) is 36.2 Å².